The van der Waals surface area contributed by atoms with Crippen molar-refractivity contribution in [1.29, 1.82) is 0 Å². The molecule has 0 saturated heterocycles. The smallest absolute Gasteiger partial charge is 1.00 e. The van der Waals surface area contributed by atoms with Crippen LogP contribution in [0.2, 0.25) is 0 Å². The number of hydrogen-bond donors (Lipinski definition) is 10. The summed E-state index contributed by atoms with van der Waals surface area (Å²) in [7, 11) is 0. The number of hydrogen-bond acceptors (Lipinski definition) is 5. The topological polar surface area (TPSA) is 288 Å². The molecule has 0 heterocycles. The van der Waals surface area contributed by atoms with Crippen LogP contribution in [0.3, 0.4) is 0 Å². The molecule has 0 saturated carbocycles. The maximum atomic E-state index is 8.67. The van der Waals surface area contributed by atoms with Gasteiger partial charge in [0.25, 0.3) is 56.8 Å². The second-order valence-electron chi connectivity index (χ2n) is 1.15. The van der Waals surface area contributed by atoms with Crippen molar-refractivity contribution in [2.24, 2.45) is 0 Å². The standard InChI is InChI=1S/18Na.5H2O3S.18H/c;;;;;;;;;;;;;;;;;;5*1-4(2)3;;;;;;;;;;;;;;;;;;/h;;;;;;;;;;;;;;;;;;5*(H2,1,2,3);;;;;;;;;;;;;;;;;;/q18*+1;;;;;;18*-1. The minimum absolute atomic E-state index is 0. The first-order valence-corrected chi connectivity index (χ1v) is 7.98. The Hall–Kier alpha value is 18.4. The van der Waals surface area contributed by atoms with E-state index >= 15 is 0 Å². The van der Waals surface area contributed by atoms with Crippen molar-refractivity contribution in [2.75, 3.05) is 0 Å². The minimum atomic E-state index is -2.61. The summed E-state index contributed by atoms with van der Waals surface area (Å²) in [4.78, 5) is 0. The second kappa shape index (κ2) is 147. The summed E-state index contributed by atoms with van der Waals surface area (Å²) < 4.78 is 114. The van der Waals surface area contributed by atoms with Crippen LogP contribution < -0.4 is 532 Å². The van der Waals surface area contributed by atoms with Gasteiger partial charge in [-0.05, 0) is 0 Å². The largest absolute Gasteiger partial charge is 1.00 e. The molecule has 166 valence electrons. The summed E-state index contributed by atoms with van der Waals surface area (Å²) in [5.74, 6) is 0. The minimum Gasteiger partial charge on any atom is -1.00 e. The molecular weight excluding hydrogens is 814 g/mol. The Kier molecular flexibility index (Phi) is 600. The van der Waals surface area contributed by atoms with Crippen LogP contribution in [-0.4, -0.2) is 66.6 Å². The van der Waals surface area contributed by atoms with Crippen LogP contribution in [-0.2, 0) is 56.8 Å². The fourth-order valence-corrected chi connectivity index (χ4v) is 0. The molecule has 10 N–H and O–H groups in total. The molecular formula is H28Na18O15S5. The fraction of sp³-hybridized carbons (Fsp3) is 0. The van der Waals surface area contributed by atoms with Gasteiger partial charge in [-0.2, -0.15) is 21.0 Å². The molecule has 38 heavy (non-hydrogen) atoms. The van der Waals surface area contributed by atoms with E-state index in [1.165, 1.54) is 0 Å². The van der Waals surface area contributed by atoms with Gasteiger partial charge >= 0.3 is 532 Å². The molecule has 0 atom stereocenters. The van der Waals surface area contributed by atoms with Crippen molar-refractivity contribution < 1.29 is 624 Å². The van der Waals surface area contributed by atoms with Gasteiger partial charge in [0, 0.05) is 0 Å². The molecule has 0 amide bonds. The first-order chi connectivity index (χ1) is 8.66. The second-order valence-corrected chi connectivity index (χ2v) is 3.46. The SMILES string of the molecule is O=S(O)O.O=S(O)O.O=S(O)O.O=S(O)O.O=S(O)O.[H-].[H-].[H-].[H-].[H-].[H-].[H-].[H-].[H-].[H-].[H-].[H-].[H-].[H-].[H-].[H-].[H-].[H-].[Na+].[Na+].[Na+].[Na+].[Na+].[Na+].[Na+].[Na+].[Na+].[Na+].[Na+].[Na+].[Na+].[Na+].[Na+].[Na+].[Na+].[Na+]. The third-order valence-corrected chi connectivity index (χ3v) is 0. The molecule has 0 aliphatic carbocycles. The monoisotopic (exact) mass is 842 g/mol. The quantitative estimate of drug-likeness (QED) is 0.0801. The Bertz CT molecular complexity index is 290. The average molecular weight is 842 g/mol. The molecule has 0 bridgehead atoms. The van der Waals surface area contributed by atoms with Crippen molar-refractivity contribution in [2.45, 2.75) is 0 Å². The van der Waals surface area contributed by atoms with Gasteiger partial charge in [-0.3, -0.25) is 45.5 Å². The van der Waals surface area contributed by atoms with Gasteiger partial charge in [-0.15, -0.1) is 0 Å². The molecule has 0 aliphatic heterocycles. The Balaban J connectivity index is -0.00000000111. The summed E-state index contributed by atoms with van der Waals surface area (Å²) in [6.45, 7) is 0. The third kappa shape index (κ3) is 459. The van der Waals surface area contributed by atoms with E-state index in [9.17, 15) is 0 Å². The van der Waals surface area contributed by atoms with Crippen LogP contribution in [0.1, 0.15) is 25.7 Å². The van der Waals surface area contributed by atoms with E-state index in [2.05, 4.69) is 0 Å². The van der Waals surface area contributed by atoms with Crippen molar-refractivity contribution in [3.63, 3.8) is 0 Å². The van der Waals surface area contributed by atoms with Gasteiger partial charge in [0.15, 0.2) is 0 Å². The first kappa shape index (κ1) is 155. The van der Waals surface area contributed by atoms with E-state index in [1.807, 2.05) is 0 Å². The van der Waals surface area contributed by atoms with Crippen LogP contribution in [0.25, 0.3) is 0 Å². The zero-order chi connectivity index (χ0) is 17.9. The van der Waals surface area contributed by atoms with Crippen LogP contribution >= 0.6 is 0 Å². The summed E-state index contributed by atoms with van der Waals surface area (Å²) in [6.07, 6.45) is 0. The zero-order valence-corrected chi connectivity index (χ0v) is 66.6. The Morgan fingerprint density at radius 1 is 0.211 bits per heavy atom. The van der Waals surface area contributed by atoms with Crippen LogP contribution in [0.5, 0.6) is 0 Å². The molecule has 0 spiro atoms. The summed E-state index contributed by atoms with van der Waals surface area (Å²) in [5.41, 5.74) is 0. The maximum Gasteiger partial charge on any atom is 1.00 e. The van der Waals surface area contributed by atoms with E-state index in [0.29, 0.717) is 0 Å². The normalized spacial score (nSPS) is 4.61. The van der Waals surface area contributed by atoms with Crippen molar-refractivity contribution >= 4 is 56.8 Å². The van der Waals surface area contributed by atoms with Gasteiger partial charge in [0.2, 0.25) is 0 Å². The molecule has 15 nitrogen and oxygen atoms in total. The van der Waals surface area contributed by atoms with Gasteiger partial charge < -0.3 is 25.7 Å². The molecule has 0 aromatic heterocycles. The number of rotatable bonds is 0. The zero-order valence-electron chi connectivity index (χ0n) is 44.6. The fourth-order valence-electron chi connectivity index (χ4n) is 0. The molecule has 0 radical (unpaired) electrons. The summed E-state index contributed by atoms with van der Waals surface area (Å²) >= 11 is -13.1. The van der Waals surface area contributed by atoms with Gasteiger partial charge in [0.1, 0.15) is 0 Å². The Morgan fingerprint density at radius 2 is 0.211 bits per heavy atom. The molecule has 38 heteroatoms. The van der Waals surface area contributed by atoms with Crippen LogP contribution in [0, 0.1) is 0 Å². The van der Waals surface area contributed by atoms with Crippen molar-refractivity contribution in [3.05, 3.63) is 0 Å². The third-order valence-electron chi connectivity index (χ3n) is 0. The molecule has 0 aliphatic rings. The first-order valence-electron chi connectivity index (χ1n) is 2.66. The Morgan fingerprint density at radius 3 is 0.211 bits per heavy atom. The predicted octanol–water partition coefficient (Wildman–Crippen LogP) is -53.5. The van der Waals surface area contributed by atoms with E-state index in [-0.39, 0.29) is 558 Å². The van der Waals surface area contributed by atoms with Crippen LogP contribution in [0.4, 0.5) is 0 Å². The van der Waals surface area contributed by atoms with Crippen molar-refractivity contribution in [3.8, 4) is 0 Å². The van der Waals surface area contributed by atoms with E-state index in [4.69, 9.17) is 66.6 Å². The van der Waals surface area contributed by atoms with Gasteiger partial charge in [-0.25, -0.2) is 0 Å². The maximum absolute atomic E-state index is 8.67. The van der Waals surface area contributed by atoms with E-state index in [0.717, 1.165) is 0 Å². The summed E-state index contributed by atoms with van der Waals surface area (Å²) in [6, 6.07) is 0. The average Bonchev–Trinajstić information content (AvgIpc) is 1.94. The summed E-state index contributed by atoms with van der Waals surface area (Å²) in [5, 5.41) is 0. The van der Waals surface area contributed by atoms with E-state index in [1.54, 1.807) is 0 Å². The van der Waals surface area contributed by atoms with Crippen LogP contribution in [0.15, 0.2) is 0 Å². The molecule has 0 rings (SSSR count). The Labute approximate surface area is 661 Å². The van der Waals surface area contributed by atoms with Crippen molar-refractivity contribution in [1.82, 2.24) is 0 Å². The molecule has 0 fully saturated rings. The predicted molar refractivity (Wildman–Crippen MR) is 87.0 cm³/mol. The molecule has 0 aromatic carbocycles. The van der Waals surface area contributed by atoms with Gasteiger partial charge in [0.05, 0.1) is 0 Å². The molecule has 0 aromatic rings. The van der Waals surface area contributed by atoms with Gasteiger partial charge in [-0.1, -0.05) is 0 Å². The molecule has 0 unspecified atom stereocenters. The van der Waals surface area contributed by atoms with E-state index < -0.39 is 56.8 Å².